The van der Waals surface area contributed by atoms with Crippen molar-refractivity contribution in [1.82, 2.24) is 9.80 Å². The lowest BCUT2D eigenvalue weighted by Crippen LogP contribution is -2.29. The number of fused-ring (bicyclic) bond motifs is 1. The molecule has 2 aliphatic rings. The molecule has 4 heteroatoms. The molecule has 0 aromatic heterocycles. The number of piperidine rings is 1. The zero-order chi connectivity index (χ0) is 17.8. The van der Waals surface area contributed by atoms with Gasteiger partial charge in [0.05, 0.1) is 0 Å². The monoisotopic (exact) mass is 350 g/mol. The number of ether oxygens (including phenoxy) is 1. The Morgan fingerprint density at radius 1 is 0.885 bits per heavy atom. The van der Waals surface area contributed by atoms with Crippen LogP contribution >= 0.6 is 0 Å². The molecule has 0 N–H and O–H groups in total. The molecule has 1 fully saturated rings. The predicted octanol–water partition coefficient (Wildman–Crippen LogP) is 4.32. The van der Waals surface area contributed by atoms with Crippen LogP contribution in [0.4, 0.5) is 4.79 Å². The zero-order valence-electron chi connectivity index (χ0n) is 15.2. The molecule has 1 amide bonds. The quantitative estimate of drug-likeness (QED) is 0.823. The Hall–Kier alpha value is -2.33. The van der Waals surface area contributed by atoms with Crippen molar-refractivity contribution in [2.75, 3.05) is 13.1 Å². The normalized spacial score (nSPS) is 17.2. The van der Waals surface area contributed by atoms with Crippen LogP contribution in [0.5, 0.6) is 0 Å². The fourth-order valence-electron chi connectivity index (χ4n) is 3.86. The molecule has 0 radical (unpaired) electrons. The largest absolute Gasteiger partial charge is 0.445 e. The molecule has 0 spiro atoms. The van der Waals surface area contributed by atoms with E-state index in [1.165, 1.54) is 49.0 Å². The van der Waals surface area contributed by atoms with E-state index in [4.69, 9.17) is 4.74 Å². The van der Waals surface area contributed by atoms with Gasteiger partial charge in [0.1, 0.15) is 6.61 Å². The van der Waals surface area contributed by atoms with Crippen molar-refractivity contribution in [3.63, 3.8) is 0 Å². The number of likely N-dealkylation sites (tertiary alicyclic amines) is 1. The maximum absolute atomic E-state index is 12.4. The molecule has 1 saturated heterocycles. The summed E-state index contributed by atoms with van der Waals surface area (Å²) in [7, 11) is 0. The Morgan fingerprint density at radius 2 is 1.65 bits per heavy atom. The first-order valence-electron chi connectivity index (χ1n) is 9.56. The van der Waals surface area contributed by atoms with Crippen LogP contribution in [-0.2, 0) is 31.0 Å². The summed E-state index contributed by atoms with van der Waals surface area (Å²) in [5.74, 6) is 0. The summed E-state index contributed by atoms with van der Waals surface area (Å²) >= 11 is 0. The number of hydrogen-bond acceptors (Lipinski definition) is 3. The Kier molecular flexibility index (Phi) is 5.21. The van der Waals surface area contributed by atoms with Crippen molar-refractivity contribution >= 4 is 6.09 Å². The van der Waals surface area contributed by atoms with Gasteiger partial charge in [-0.2, -0.15) is 0 Å². The third-order valence-corrected chi connectivity index (χ3v) is 5.31. The molecule has 4 rings (SSSR count). The minimum atomic E-state index is -0.234. The van der Waals surface area contributed by atoms with Gasteiger partial charge in [0.25, 0.3) is 0 Å². The predicted molar refractivity (Wildman–Crippen MR) is 101 cm³/mol. The average Bonchev–Trinajstić information content (AvgIpc) is 3.11. The van der Waals surface area contributed by atoms with Crippen molar-refractivity contribution in [3.05, 3.63) is 70.8 Å². The van der Waals surface area contributed by atoms with E-state index in [1.54, 1.807) is 4.90 Å². The summed E-state index contributed by atoms with van der Waals surface area (Å²) in [6.07, 6.45) is 3.75. The number of benzene rings is 2. The first-order chi connectivity index (χ1) is 12.8. The van der Waals surface area contributed by atoms with Gasteiger partial charge in [-0.25, -0.2) is 4.79 Å². The van der Waals surface area contributed by atoms with Crippen LogP contribution in [0.2, 0.25) is 0 Å². The van der Waals surface area contributed by atoms with E-state index in [2.05, 4.69) is 23.1 Å². The molecule has 0 bridgehead atoms. The lowest BCUT2D eigenvalue weighted by Gasteiger charge is -2.26. The van der Waals surface area contributed by atoms with Crippen molar-refractivity contribution in [1.29, 1.82) is 0 Å². The minimum Gasteiger partial charge on any atom is -0.445 e. The van der Waals surface area contributed by atoms with E-state index in [1.807, 2.05) is 30.3 Å². The number of hydrogen-bond donors (Lipinski definition) is 0. The third-order valence-electron chi connectivity index (χ3n) is 5.31. The van der Waals surface area contributed by atoms with E-state index in [0.29, 0.717) is 19.7 Å². The van der Waals surface area contributed by atoms with Crippen LogP contribution in [0, 0.1) is 0 Å². The summed E-state index contributed by atoms with van der Waals surface area (Å²) in [5.41, 5.74) is 4.87. The average molecular weight is 350 g/mol. The molecule has 2 heterocycles. The maximum atomic E-state index is 12.4. The SMILES string of the molecule is O=C(OCc1ccccc1)N1Cc2ccc(CN3CCCCC3)cc2C1. The van der Waals surface area contributed by atoms with E-state index in [0.717, 1.165) is 12.1 Å². The second-order valence-corrected chi connectivity index (χ2v) is 7.34. The molecule has 0 atom stereocenters. The molecule has 0 saturated carbocycles. The van der Waals surface area contributed by atoms with Crippen molar-refractivity contribution < 1.29 is 9.53 Å². The van der Waals surface area contributed by atoms with Gasteiger partial charge in [0.2, 0.25) is 0 Å². The van der Waals surface area contributed by atoms with Gasteiger partial charge in [-0.3, -0.25) is 9.80 Å². The first kappa shape index (κ1) is 17.1. The summed E-state index contributed by atoms with van der Waals surface area (Å²) in [6, 6.07) is 16.5. The molecule has 2 aliphatic heterocycles. The van der Waals surface area contributed by atoms with Gasteiger partial charge in [-0.1, -0.05) is 55.0 Å². The van der Waals surface area contributed by atoms with Crippen LogP contribution in [0.1, 0.15) is 41.5 Å². The first-order valence-corrected chi connectivity index (χ1v) is 9.56. The van der Waals surface area contributed by atoms with Crippen LogP contribution in [0.15, 0.2) is 48.5 Å². The molecular formula is C22H26N2O2. The number of carbonyl (C=O) groups is 1. The highest BCUT2D eigenvalue weighted by molar-refractivity contribution is 5.69. The van der Waals surface area contributed by atoms with E-state index in [9.17, 15) is 4.79 Å². The lowest BCUT2D eigenvalue weighted by molar-refractivity contribution is 0.0955. The number of carbonyl (C=O) groups excluding carboxylic acids is 1. The van der Waals surface area contributed by atoms with Gasteiger partial charge in [-0.05, 0) is 48.2 Å². The van der Waals surface area contributed by atoms with Crippen molar-refractivity contribution in [2.45, 2.75) is 45.5 Å². The van der Waals surface area contributed by atoms with Crippen molar-refractivity contribution in [3.8, 4) is 0 Å². The fraction of sp³-hybridized carbons (Fsp3) is 0.409. The van der Waals surface area contributed by atoms with Crippen molar-refractivity contribution in [2.24, 2.45) is 0 Å². The Morgan fingerprint density at radius 3 is 2.46 bits per heavy atom. The summed E-state index contributed by atoms with van der Waals surface area (Å²) in [4.78, 5) is 16.7. The molecule has 2 aromatic rings. The van der Waals surface area contributed by atoms with Gasteiger partial charge in [0, 0.05) is 19.6 Å². The van der Waals surface area contributed by atoms with Crippen LogP contribution < -0.4 is 0 Å². The molecule has 4 nitrogen and oxygen atoms in total. The van der Waals surface area contributed by atoms with E-state index < -0.39 is 0 Å². The van der Waals surface area contributed by atoms with E-state index in [-0.39, 0.29) is 6.09 Å². The fourth-order valence-corrected chi connectivity index (χ4v) is 3.86. The molecule has 2 aromatic carbocycles. The van der Waals surface area contributed by atoms with Gasteiger partial charge in [-0.15, -0.1) is 0 Å². The van der Waals surface area contributed by atoms with Gasteiger partial charge in [0.15, 0.2) is 0 Å². The molecular weight excluding hydrogens is 324 g/mol. The Bertz CT molecular complexity index is 754. The Labute approximate surface area is 155 Å². The molecule has 0 aliphatic carbocycles. The number of nitrogens with zero attached hydrogens (tertiary/aromatic N) is 2. The highest BCUT2D eigenvalue weighted by Crippen LogP contribution is 2.25. The van der Waals surface area contributed by atoms with Crippen LogP contribution in [0.3, 0.4) is 0 Å². The summed E-state index contributed by atoms with van der Waals surface area (Å²) in [6.45, 7) is 5.05. The third kappa shape index (κ3) is 4.07. The lowest BCUT2D eigenvalue weighted by atomic mass is 10.0. The van der Waals surface area contributed by atoms with E-state index >= 15 is 0 Å². The highest BCUT2D eigenvalue weighted by Gasteiger charge is 2.25. The maximum Gasteiger partial charge on any atom is 0.410 e. The zero-order valence-corrected chi connectivity index (χ0v) is 15.2. The topological polar surface area (TPSA) is 32.8 Å². The molecule has 136 valence electrons. The molecule has 0 unspecified atom stereocenters. The summed E-state index contributed by atoms with van der Waals surface area (Å²) < 4.78 is 5.47. The highest BCUT2D eigenvalue weighted by atomic mass is 16.6. The Balaban J connectivity index is 1.33. The second-order valence-electron chi connectivity index (χ2n) is 7.34. The summed E-state index contributed by atoms with van der Waals surface area (Å²) in [5, 5.41) is 0. The van der Waals surface area contributed by atoms with Gasteiger partial charge < -0.3 is 4.74 Å². The smallest absolute Gasteiger partial charge is 0.410 e. The standard InChI is InChI=1S/C22H26N2O2/c25-22(26-17-18-7-3-1-4-8-18)24-15-20-10-9-19(13-21(20)16-24)14-23-11-5-2-6-12-23/h1,3-4,7-10,13H,2,5-6,11-12,14-17H2. The number of rotatable bonds is 4. The molecule has 26 heavy (non-hydrogen) atoms. The van der Waals surface area contributed by atoms with Crippen LogP contribution in [-0.4, -0.2) is 29.0 Å². The minimum absolute atomic E-state index is 0.234. The number of amides is 1. The van der Waals surface area contributed by atoms with Gasteiger partial charge >= 0.3 is 6.09 Å². The second kappa shape index (κ2) is 7.92. The van der Waals surface area contributed by atoms with Crippen LogP contribution in [0.25, 0.3) is 0 Å².